The molecule has 32 heavy (non-hydrogen) atoms. The third kappa shape index (κ3) is 5.88. The lowest BCUT2D eigenvalue weighted by atomic mass is 10.2. The molecule has 0 amide bonds. The zero-order valence-corrected chi connectivity index (χ0v) is 19.5. The molecule has 2 fully saturated rings. The van der Waals surface area contributed by atoms with Crippen LogP contribution in [0.4, 0.5) is 23.3 Å². The maximum atomic E-state index is 5.41. The molecule has 1 aromatic carbocycles. The maximum Gasteiger partial charge on any atom is 0.232 e. The quantitative estimate of drug-likeness (QED) is 0.510. The summed E-state index contributed by atoms with van der Waals surface area (Å²) in [5.41, 5.74) is 1.28. The molecule has 0 aliphatic carbocycles. The fraction of sp³-hybridized carbons (Fsp3) is 0.458. The number of para-hydroxylation sites is 1. The molecule has 2 saturated heterocycles. The summed E-state index contributed by atoms with van der Waals surface area (Å²) in [6.07, 6.45) is 6.77. The van der Waals surface area contributed by atoms with E-state index in [0.29, 0.717) is 17.6 Å². The van der Waals surface area contributed by atoms with Crippen molar-refractivity contribution < 1.29 is 0 Å². The molecule has 7 nitrogen and oxygen atoms in total. The summed E-state index contributed by atoms with van der Waals surface area (Å²) in [5.74, 6) is 2.49. The minimum absolute atomic E-state index is 0.512. The van der Waals surface area contributed by atoms with Crippen LogP contribution in [-0.2, 0) is 0 Å². The highest BCUT2D eigenvalue weighted by Gasteiger charge is 2.21. The summed E-state index contributed by atoms with van der Waals surface area (Å²) >= 11 is 5.41. The number of piperazine rings is 1. The topological polar surface area (TPSA) is 59.6 Å². The van der Waals surface area contributed by atoms with Crippen molar-refractivity contribution in [3.63, 3.8) is 0 Å². The molecule has 1 aromatic heterocycles. The maximum absolute atomic E-state index is 5.41. The molecule has 0 saturated carbocycles. The van der Waals surface area contributed by atoms with Crippen LogP contribution in [0.1, 0.15) is 25.7 Å². The molecule has 0 unspecified atom stereocenters. The van der Waals surface area contributed by atoms with Gasteiger partial charge in [0.05, 0.1) is 0 Å². The van der Waals surface area contributed by atoms with E-state index in [2.05, 4.69) is 68.3 Å². The van der Waals surface area contributed by atoms with Gasteiger partial charge in [-0.2, -0.15) is 9.97 Å². The third-order valence-corrected chi connectivity index (χ3v) is 6.23. The van der Waals surface area contributed by atoms with E-state index in [1.165, 1.54) is 31.4 Å². The Labute approximate surface area is 196 Å². The minimum atomic E-state index is 0.512. The smallest absolute Gasteiger partial charge is 0.232 e. The van der Waals surface area contributed by atoms with Crippen molar-refractivity contribution in [2.75, 3.05) is 65.8 Å². The molecule has 0 spiro atoms. The summed E-state index contributed by atoms with van der Waals surface area (Å²) in [4.78, 5) is 16.8. The Morgan fingerprint density at radius 3 is 2.09 bits per heavy atom. The van der Waals surface area contributed by atoms with Gasteiger partial charge in [-0.3, -0.25) is 0 Å². The van der Waals surface area contributed by atoms with Crippen LogP contribution >= 0.6 is 12.2 Å². The van der Waals surface area contributed by atoms with E-state index in [1.807, 2.05) is 0 Å². The van der Waals surface area contributed by atoms with Crippen LogP contribution in [0.15, 0.2) is 49.1 Å². The number of thiocarbonyl (C=S) groups is 1. The molecule has 2 aliphatic rings. The van der Waals surface area contributed by atoms with E-state index in [0.717, 1.165) is 50.9 Å². The highest BCUT2D eigenvalue weighted by molar-refractivity contribution is 7.80. The lowest BCUT2D eigenvalue weighted by molar-refractivity contribution is 0.646. The number of nitrogens with one attached hydrogen (secondary N) is 2. The monoisotopic (exact) mass is 451 g/mol. The van der Waals surface area contributed by atoms with Gasteiger partial charge in [0, 0.05) is 57.6 Å². The largest absolute Gasteiger partial charge is 0.368 e. The van der Waals surface area contributed by atoms with Crippen LogP contribution in [0.25, 0.3) is 0 Å². The lowest BCUT2D eigenvalue weighted by Gasteiger charge is -2.37. The molecule has 2 N–H and O–H groups in total. The van der Waals surface area contributed by atoms with Gasteiger partial charge in [-0.05, 0) is 37.2 Å². The molecule has 4 rings (SSSR count). The summed E-state index contributed by atoms with van der Waals surface area (Å²) in [5, 5.41) is 6.79. The van der Waals surface area contributed by atoms with Crippen molar-refractivity contribution in [1.82, 2.24) is 15.3 Å². The van der Waals surface area contributed by atoms with E-state index in [-0.39, 0.29) is 0 Å². The van der Waals surface area contributed by atoms with E-state index in [1.54, 1.807) is 6.08 Å². The second kappa shape index (κ2) is 11.1. The Morgan fingerprint density at radius 2 is 1.47 bits per heavy atom. The number of anilines is 4. The zero-order chi connectivity index (χ0) is 22.2. The summed E-state index contributed by atoms with van der Waals surface area (Å²) in [6.45, 7) is 10.2. The van der Waals surface area contributed by atoms with Gasteiger partial charge in [0.25, 0.3) is 0 Å². The van der Waals surface area contributed by atoms with E-state index < -0.39 is 0 Å². The second-order valence-electron chi connectivity index (χ2n) is 8.24. The van der Waals surface area contributed by atoms with E-state index in [4.69, 9.17) is 22.2 Å². The van der Waals surface area contributed by atoms with Gasteiger partial charge in [0.15, 0.2) is 5.11 Å². The van der Waals surface area contributed by atoms with Gasteiger partial charge in [0.1, 0.15) is 11.6 Å². The Morgan fingerprint density at radius 1 is 0.875 bits per heavy atom. The van der Waals surface area contributed by atoms with Crippen molar-refractivity contribution in [3.8, 4) is 0 Å². The number of rotatable bonds is 6. The molecule has 0 atom stereocenters. The molecule has 8 heteroatoms. The average Bonchev–Trinajstić information content (AvgIpc) is 3.13. The highest BCUT2D eigenvalue weighted by atomic mass is 32.1. The number of nitrogens with zero attached hydrogens (tertiary/aromatic N) is 5. The predicted octanol–water partition coefficient (Wildman–Crippen LogP) is 3.66. The number of aromatic nitrogens is 2. The van der Waals surface area contributed by atoms with E-state index in [9.17, 15) is 0 Å². The van der Waals surface area contributed by atoms with Crippen LogP contribution in [0.5, 0.6) is 0 Å². The van der Waals surface area contributed by atoms with Crippen LogP contribution in [0.2, 0.25) is 0 Å². The molecule has 0 bridgehead atoms. The predicted molar refractivity (Wildman–Crippen MR) is 138 cm³/mol. The Hall–Kier alpha value is -2.87. The van der Waals surface area contributed by atoms with Crippen molar-refractivity contribution in [3.05, 3.63) is 49.1 Å². The van der Waals surface area contributed by atoms with E-state index >= 15 is 0 Å². The first-order chi connectivity index (χ1) is 15.7. The third-order valence-electron chi connectivity index (χ3n) is 5.99. The molecule has 3 heterocycles. The molecular formula is C24H33N7S. The normalized spacial score (nSPS) is 16.9. The first-order valence-corrected chi connectivity index (χ1v) is 12.0. The SMILES string of the molecule is C=CCNC(=S)Nc1nc(N2CCCCCC2)cc(N2CCN(c3ccccc3)CC2)n1. The van der Waals surface area contributed by atoms with Crippen molar-refractivity contribution >= 4 is 40.6 Å². The highest BCUT2D eigenvalue weighted by Crippen LogP contribution is 2.25. The summed E-state index contributed by atoms with van der Waals surface area (Å²) in [6, 6.07) is 12.8. The molecular weight excluding hydrogens is 418 g/mol. The van der Waals surface area contributed by atoms with Gasteiger partial charge >= 0.3 is 0 Å². The first-order valence-electron chi connectivity index (χ1n) is 11.6. The summed E-state index contributed by atoms with van der Waals surface area (Å²) in [7, 11) is 0. The molecule has 2 aliphatic heterocycles. The minimum Gasteiger partial charge on any atom is -0.368 e. The van der Waals surface area contributed by atoms with Gasteiger partial charge in [-0.25, -0.2) is 0 Å². The van der Waals surface area contributed by atoms with Crippen LogP contribution < -0.4 is 25.3 Å². The van der Waals surface area contributed by atoms with Crippen LogP contribution in [0.3, 0.4) is 0 Å². The van der Waals surface area contributed by atoms with Gasteiger partial charge in [0.2, 0.25) is 5.95 Å². The van der Waals surface area contributed by atoms with Crippen LogP contribution in [0, 0.1) is 0 Å². The fourth-order valence-electron chi connectivity index (χ4n) is 4.24. The van der Waals surface area contributed by atoms with Crippen molar-refractivity contribution in [2.24, 2.45) is 0 Å². The average molecular weight is 452 g/mol. The second-order valence-corrected chi connectivity index (χ2v) is 8.65. The van der Waals surface area contributed by atoms with Gasteiger partial charge in [-0.15, -0.1) is 6.58 Å². The van der Waals surface area contributed by atoms with Gasteiger partial charge in [-0.1, -0.05) is 37.1 Å². The standard InChI is InChI=1S/C24H33N7S/c1-2-12-25-24(32)28-23-26-21(30-13-8-3-4-9-14-30)19-22(27-23)31-17-15-29(16-18-31)20-10-6-5-7-11-20/h2,5-7,10-11,19H,1,3-4,8-9,12-18H2,(H2,25,26,27,28,32). The fourth-order valence-corrected chi connectivity index (χ4v) is 4.42. The van der Waals surface area contributed by atoms with Crippen molar-refractivity contribution in [2.45, 2.75) is 25.7 Å². The molecule has 0 radical (unpaired) electrons. The lowest BCUT2D eigenvalue weighted by Crippen LogP contribution is -2.47. The molecule has 2 aromatic rings. The van der Waals surface area contributed by atoms with Crippen LogP contribution in [-0.4, -0.2) is 60.9 Å². The Bertz CT molecular complexity index is 888. The number of benzene rings is 1. The molecule has 170 valence electrons. The zero-order valence-electron chi connectivity index (χ0n) is 18.7. The summed E-state index contributed by atoms with van der Waals surface area (Å²) < 4.78 is 0. The Balaban J connectivity index is 1.52. The van der Waals surface area contributed by atoms with Crippen molar-refractivity contribution in [1.29, 1.82) is 0 Å². The number of hydrogen-bond acceptors (Lipinski definition) is 6. The number of hydrogen-bond donors (Lipinski definition) is 2. The van der Waals surface area contributed by atoms with Gasteiger partial charge < -0.3 is 25.3 Å². The first kappa shape index (κ1) is 22.3. The Kier molecular flexibility index (Phi) is 7.77.